The number of nitrogens with one attached hydrogen (secondary N) is 1. The van der Waals surface area contributed by atoms with Crippen LogP contribution in [-0.4, -0.2) is 35.8 Å². The number of benzene rings is 1. The van der Waals surface area contributed by atoms with Crippen molar-refractivity contribution >= 4 is 17.2 Å². The fourth-order valence-corrected chi connectivity index (χ4v) is 3.16. The largest absolute Gasteiger partial charge is 0.497 e. The summed E-state index contributed by atoms with van der Waals surface area (Å²) in [6.07, 6.45) is -3.16. The van der Waals surface area contributed by atoms with Crippen LogP contribution >= 0.6 is 11.3 Å². The average molecular weight is 423 g/mol. The first-order chi connectivity index (χ1) is 13.9. The maximum atomic E-state index is 12.4. The highest BCUT2D eigenvalue weighted by atomic mass is 32.1. The predicted molar refractivity (Wildman–Crippen MR) is 101 cm³/mol. The van der Waals surface area contributed by atoms with Crippen molar-refractivity contribution in [1.29, 1.82) is 0 Å². The zero-order valence-corrected chi connectivity index (χ0v) is 16.0. The Kier molecular flexibility index (Phi) is 6.32. The molecule has 3 rings (SSSR count). The van der Waals surface area contributed by atoms with E-state index in [2.05, 4.69) is 15.3 Å². The number of hydrogen-bond acceptors (Lipinski definition) is 6. The molecule has 2 heterocycles. The molecule has 6 nitrogen and oxygen atoms in total. The summed E-state index contributed by atoms with van der Waals surface area (Å²) in [5.74, 6) is 0.0808. The van der Waals surface area contributed by atoms with Gasteiger partial charge in [-0.15, -0.1) is 11.3 Å². The van der Waals surface area contributed by atoms with E-state index >= 15 is 0 Å². The van der Waals surface area contributed by atoms with Gasteiger partial charge in [-0.1, -0.05) is 6.07 Å². The van der Waals surface area contributed by atoms with Crippen LogP contribution in [0.25, 0.3) is 10.6 Å². The molecule has 0 saturated carbocycles. The lowest BCUT2D eigenvalue weighted by Crippen LogP contribution is -2.24. The van der Waals surface area contributed by atoms with Gasteiger partial charge in [0, 0.05) is 29.2 Å². The molecule has 0 spiro atoms. The van der Waals surface area contributed by atoms with Gasteiger partial charge in [-0.05, 0) is 30.3 Å². The molecule has 3 aromatic rings. The first-order valence-electron chi connectivity index (χ1n) is 8.37. The van der Waals surface area contributed by atoms with E-state index in [1.165, 1.54) is 23.6 Å². The number of methoxy groups -OCH3 is 1. The van der Waals surface area contributed by atoms with Gasteiger partial charge in [-0.2, -0.15) is 13.2 Å². The molecule has 0 fully saturated rings. The van der Waals surface area contributed by atoms with Crippen molar-refractivity contribution in [3.8, 4) is 22.2 Å². The molecule has 10 heteroatoms. The zero-order valence-electron chi connectivity index (χ0n) is 15.2. The number of halogens is 3. The second-order valence-corrected chi connectivity index (χ2v) is 6.68. The van der Waals surface area contributed by atoms with E-state index in [0.29, 0.717) is 16.3 Å². The minimum Gasteiger partial charge on any atom is -0.497 e. The van der Waals surface area contributed by atoms with Gasteiger partial charge < -0.3 is 14.8 Å². The molecule has 0 aliphatic heterocycles. The lowest BCUT2D eigenvalue weighted by molar-refractivity contribution is -0.154. The number of pyridine rings is 1. The second kappa shape index (κ2) is 8.91. The van der Waals surface area contributed by atoms with E-state index in [0.717, 1.165) is 5.56 Å². The quantitative estimate of drug-likeness (QED) is 0.620. The maximum Gasteiger partial charge on any atom is 0.422 e. The van der Waals surface area contributed by atoms with Crippen molar-refractivity contribution < 1.29 is 27.4 Å². The molecule has 0 saturated heterocycles. The number of nitrogens with zero attached hydrogens (tertiary/aromatic N) is 2. The number of amides is 1. The Bertz CT molecular complexity index is 975. The first kappa shape index (κ1) is 20.6. The highest BCUT2D eigenvalue weighted by Gasteiger charge is 2.29. The molecular formula is C19H16F3N3O3S. The van der Waals surface area contributed by atoms with Gasteiger partial charge in [0.1, 0.15) is 16.5 Å². The number of aromatic nitrogens is 2. The topological polar surface area (TPSA) is 73.3 Å². The number of hydrogen-bond donors (Lipinski definition) is 1. The fraction of sp³-hybridized carbons (Fsp3) is 0.211. The Morgan fingerprint density at radius 3 is 2.66 bits per heavy atom. The van der Waals surface area contributed by atoms with Crippen LogP contribution in [0.4, 0.5) is 13.2 Å². The van der Waals surface area contributed by atoms with Crippen LogP contribution in [0.3, 0.4) is 0 Å². The van der Waals surface area contributed by atoms with Crippen LogP contribution in [0.2, 0.25) is 0 Å². The van der Waals surface area contributed by atoms with E-state index in [1.807, 2.05) is 12.1 Å². The van der Waals surface area contributed by atoms with Crippen LogP contribution < -0.4 is 14.8 Å². The minimum atomic E-state index is -4.48. The highest BCUT2D eigenvalue weighted by Crippen LogP contribution is 2.26. The third kappa shape index (κ3) is 5.67. The Morgan fingerprint density at radius 1 is 1.21 bits per heavy atom. The Hall–Kier alpha value is -3.14. The summed E-state index contributed by atoms with van der Waals surface area (Å²) in [7, 11) is 1.57. The summed E-state index contributed by atoms with van der Waals surface area (Å²) >= 11 is 1.31. The molecule has 2 aromatic heterocycles. The highest BCUT2D eigenvalue weighted by molar-refractivity contribution is 7.13. The summed E-state index contributed by atoms with van der Waals surface area (Å²) in [5, 5.41) is 4.89. The van der Waals surface area contributed by atoms with E-state index in [1.54, 1.807) is 30.7 Å². The van der Waals surface area contributed by atoms with Gasteiger partial charge >= 0.3 is 6.18 Å². The van der Waals surface area contributed by atoms with Crippen molar-refractivity contribution in [2.45, 2.75) is 12.7 Å². The Labute approximate surface area is 168 Å². The molecule has 0 aliphatic carbocycles. The van der Waals surface area contributed by atoms with Gasteiger partial charge in [0.15, 0.2) is 6.61 Å². The number of alkyl halides is 3. The second-order valence-electron chi connectivity index (χ2n) is 5.82. The first-order valence-corrected chi connectivity index (χ1v) is 9.25. The Balaban J connectivity index is 1.64. The summed E-state index contributed by atoms with van der Waals surface area (Å²) in [6, 6.07) is 10.3. The molecule has 29 heavy (non-hydrogen) atoms. The summed E-state index contributed by atoms with van der Waals surface area (Å²) in [4.78, 5) is 20.5. The smallest absolute Gasteiger partial charge is 0.422 e. The third-order valence-electron chi connectivity index (χ3n) is 3.74. The average Bonchev–Trinajstić information content (AvgIpc) is 3.21. The lowest BCUT2D eigenvalue weighted by Gasteiger charge is -2.12. The summed E-state index contributed by atoms with van der Waals surface area (Å²) in [5.41, 5.74) is 1.38. The molecule has 0 aliphatic rings. The van der Waals surface area contributed by atoms with E-state index in [9.17, 15) is 18.0 Å². The normalized spacial score (nSPS) is 11.2. The van der Waals surface area contributed by atoms with Crippen molar-refractivity contribution in [2.75, 3.05) is 13.7 Å². The van der Waals surface area contributed by atoms with Crippen LogP contribution in [0.15, 0.2) is 48.0 Å². The van der Waals surface area contributed by atoms with Gasteiger partial charge in [0.05, 0.1) is 7.11 Å². The maximum absolute atomic E-state index is 12.4. The van der Waals surface area contributed by atoms with Crippen LogP contribution in [0.5, 0.6) is 11.6 Å². The molecule has 0 radical (unpaired) electrons. The molecule has 0 unspecified atom stereocenters. The SMILES string of the molecule is COc1ccc(-c2nc(C(=O)NCc3cccnc3OCC(F)(F)F)cs2)cc1. The van der Waals surface area contributed by atoms with Gasteiger partial charge in [-0.25, -0.2) is 9.97 Å². The number of carbonyl (C=O) groups excluding carboxylic acids is 1. The van der Waals surface area contributed by atoms with Gasteiger partial charge in [-0.3, -0.25) is 4.79 Å². The molecule has 0 bridgehead atoms. The number of rotatable bonds is 7. The minimum absolute atomic E-state index is 0.0464. The molecular weight excluding hydrogens is 407 g/mol. The molecule has 0 atom stereocenters. The molecule has 1 amide bonds. The monoisotopic (exact) mass is 423 g/mol. The van der Waals surface area contributed by atoms with E-state index < -0.39 is 18.7 Å². The van der Waals surface area contributed by atoms with Crippen molar-refractivity contribution in [3.05, 3.63) is 59.2 Å². The summed E-state index contributed by atoms with van der Waals surface area (Å²) in [6.45, 7) is -1.50. The fourth-order valence-electron chi connectivity index (χ4n) is 2.35. The Morgan fingerprint density at radius 2 is 1.97 bits per heavy atom. The standard InChI is InChI=1S/C19H16F3N3O3S/c1-27-14-6-4-12(5-7-14)18-25-15(10-29-18)16(26)24-9-13-3-2-8-23-17(13)28-11-19(20,21)22/h2-8,10H,9,11H2,1H3,(H,24,26). The lowest BCUT2D eigenvalue weighted by atomic mass is 10.2. The van der Waals surface area contributed by atoms with E-state index in [4.69, 9.17) is 9.47 Å². The van der Waals surface area contributed by atoms with E-state index in [-0.39, 0.29) is 18.1 Å². The van der Waals surface area contributed by atoms with Crippen LogP contribution in [0, 0.1) is 0 Å². The number of carbonyl (C=O) groups is 1. The van der Waals surface area contributed by atoms with Crippen LogP contribution in [-0.2, 0) is 6.54 Å². The predicted octanol–water partition coefficient (Wildman–Crippen LogP) is 4.08. The van der Waals surface area contributed by atoms with Crippen molar-refractivity contribution in [2.24, 2.45) is 0 Å². The van der Waals surface area contributed by atoms with Crippen molar-refractivity contribution in [1.82, 2.24) is 15.3 Å². The number of thiazole rings is 1. The molecule has 152 valence electrons. The van der Waals surface area contributed by atoms with Crippen LogP contribution in [0.1, 0.15) is 16.1 Å². The van der Waals surface area contributed by atoms with Gasteiger partial charge in [0.2, 0.25) is 5.88 Å². The number of ether oxygens (including phenoxy) is 2. The third-order valence-corrected chi connectivity index (χ3v) is 4.63. The molecule has 1 aromatic carbocycles. The summed E-state index contributed by atoms with van der Waals surface area (Å²) < 4.78 is 46.9. The molecule has 1 N–H and O–H groups in total. The van der Waals surface area contributed by atoms with Crippen molar-refractivity contribution in [3.63, 3.8) is 0 Å². The van der Waals surface area contributed by atoms with Gasteiger partial charge in [0.25, 0.3) is 5.91 Å². The zero-order chi connectivity index (χ0) is 20.9.